The number of aromatic nitrogens is 13. The summed E-state index contributed by atoms with van der Waals surface area (Å²) >= 11 is 6.41. The van der Waals surface area contributed by atoms with Crippen LogP contribution in [0.5, 0.6) is 40.2 Å². The van der Waals surface area contributed by atoms with Crippen LogP contribution < -0.4 is 98.3 Å². The summed E-state index contributed by atoms with van der Waals surface area (Å²) in [5.41, 5.74) is 16.1. The minimum absolute atomic E-state index is 0.0294. The quantitative estimate of drug-likeness (QED) is 0.0282. The molecule has 0 fully saturated rings. The number of aryl methyl sites for hydroxylation is 2. The van der Waals surface area contributed by atoms with Gasteiger partial charge in [-0.2, -0.15) is 0 Å². The van der Waals surface area contributed by atoms with Gasteiger partial charge >= 0.3 is 36.4 Å². The van der Waals surface area contributed by atoms with Gasteiger partial charge in [0.2, 0.25) is 0 Å². The minimum atomic E-state index is -0.601. The predicted octanol–water partition coefficient (Wildman–Crippen LogP) is 13.1. The number of hydrogen-bond acceptors (Lipinski definition) is 30. The number of nitrogens with zero attached hydrogens (tertiary/aromatic N) is 18. The van der Waals surface area contributed by atoms with E-state index in [9.17, 15) is 33.9 Å². The monoisotopic (exact) mass is 1930 g/mol. The van der Waals surface area contributed by atoms with Gasteiger partial charge in [0, 0.05) is 114 Å². The number of ether oxygens (including phenoxy) is 10. The summed E-state index contributed by atoms with van der Waals surface area (Å²) in [4.78, 5) is 139. The molecule has 0 radical (unpaired) electrons. The number of H-pyrrole nitrogens is 6. The second-order valence-corrected chi connectivity index (χ2v) is 32.2. The number of halogens is 1. The van der Waals surface area contributed by atoms with E-state index >= 15 is 0 Å². The maximum absolute atomic E-state index is 12.1. The van der Waals surface area contributed by atoms with Crippen molar-refractivity contribution < 1.29 is 81.2 Å². The van der Waals surface area contributed by atoms with Crippen LogP contribution in [0.25, 0.3) is 0 Å². The molecule has 8 amide bonds. The van der Waals surface area contributed by atoms with E-state index in [1.54, 1.807) is 125 Å². The summed E-state index contributed by atoms with van der Waals surface area (Å²) in [6, 6.07) is 23.7. The van der Waals surface area contributed by atoms with Crippen LogP contribution >= 0.6 is 11.6 Å². The number of phenolic OH excluding ortho intramolecular Hbond substituents is 1. The van der Waals surface area contributed by atoms with E-state index in [0.717, 1.165) is 141 Å². The molecule has 44 nitrogen and oxygen atoms in total. The Hall–Kier alpha value is -16.2. The molecule has 0 saturated carbocycles. The number of hydrogen-bond donors (Lipinski definition) is 10. The average Bonchev–Trinajstić information content (AvgIpc) is 1.30. The number of benzene rings is 5. The van der Waals surface area contributed by atoms with Crippen molar-refractivity contribution in [2.75, 3.05) is 214 Å². The summed E-state index contributed by atoms with van der Waals surface area (Å²) < 4.78 is 53.6. The van der Waals surface area contributed by atoms with Crippen molar-refractivity contribution in [2.24, 2.45) is 0 Å². The fourth-order valence-corrected chi connectivity index (χ4v) is 16.2. The number of rotatable bonds is 22. The van der Waals surface area contributed by atoms with E-state index in [1.807, 2.05) is 113 Å². The van der Waals surface area contributed by atoms with Gasteiger partial charge in [-0.1, -0.05) is 11.6 Å². The van der Waals surface area contributed by atoms with Gasteiger partial charge in [-0.05, 0) is 125 Å². The van der Waals surface area contributed by atoms with E-state index < -0.39 is 18.3 Å². The molecule has 139 heavy (non-hydrogen) atoms. The molecule has 5 aromatic carbocycles. The van der Waals surface area contributed by atoms with Crippen LogP contribution in [-0.2, 0) is 58.2 Å². The number of aromatic hydroxyl groups is 1. The third-order valence-electron chi connectivity index (χ3n) is 22.8. The summed E-state index contributed by atoms with van der Waals surface area (Å²) in [7, 11) is 10.7. The van der Waals surface area contributed by atoms with Crippen LogP contribution in [0.4, 0.5) is 97.3 Å². The zero-order valence-electron chi connectivity index (χ0n) is 79.9. The van der Waals surface area contributed by atoms with E-state index in [1.165, 1.54) is 37.2 Å². The lowest BCUT2D eigenvalue weighted by Crippen LogP contribution is -2.38. The first kappa shape index (κ1) is 100. The highest BCUT2D eigenvalue weighted by Gasteiger charge is 2.32. The van der Waals surface area contributed by atoms with Gasteiger partial charge < -0.3 is 122 Å². The Balaban J connectivity index is 0.000000141. The van der Waals surface area contributed by atoms with Crippen molar-refractivity contribution in [3.63, 3.8) is 0 Å². The Labute approximate surface area is 808 Å². The molecule has 0 bridgehead atoms. The Morgan fingerprint density at radius 1 is 0.417 bits per heavy atom. The van der Waals surface area contributed by atoms with E-state index in [4.69, 9.17) is 54.2 Å². The number of methoxy groups -OCH3 is 3. The normalized spacial score (nSPS) is 13.2. The molecule has 12 aromatic rings. The highest BCUT2D eigenvalue weighted by Crippen LogP contribution is 2.47. The van der Waals surface area contributed by atoms with Crippen molar-refractivity contribution in [1.29, 1.82) is 0 Å². The van der Waals surface area contributed by atoms with Crippen molar-refractivity contribution in [1.82, 2.24) is 75.4 Å². The van der Waals surface area contributed by atoms with Gasteiger partial charge in [0.15, 0.2) is 28.8 Å². The first-order valence-corrected chi connectivity index (χ1v) is 45.5. The molecule has 13 heterocycles. The Morgan fingerprint density at radius 2 is 0.813 bits per heavy atom. The average molecular weight is 1930 g/mol. The van der Waals surface area contributed by atoms with Crippen molar-refractivity contribution in [3.8, 4) is 40.2 Å². The molecule has 0 atom stereocenters. The summed E-state index contributed by atoms with van der Waals surface area (Å²) in [5.74, 6) is 5.55. The maximum Gasteiger partial charge on any atom is 0.415 e. The molecule has 0 unspecified atom stereocenters. The fraction of sp³-hybridized carbons (Fsp3) is 0.372. The first-order valence-electron chi connectivity index (χ1n) is 45.1. The highest BCUT2D eigenvalue weighted by atomic mass is 35.5. The molecule has 738 valence electrons. The molecule has 6 aliphatic heterocycles. The largest absolute Gasteiger partial charge is 0.504 e. The Morgan fingerprint density at radius 3 is 1.25 bits per heavy atom. The van der Waals surface area contributed by atoms with Gasteiger partial charge in [-0.15, -0.1) is 0 Å². The topological polar surface area (TPSA) is 472 Å². The SMILES string of the molecule is CCN(C(=O)NC)c1cc(Cl)c2c(c1)N(Cc1cnc[nH]1)CCO2.CCN(C(=O)OC)c1ccc2c(n1)N(Cc1cnc[nH]1)CCO2.CCOC(=O)N(CC)c1ccc2c(c1)N(Cc1cnc[nH]1)CCO2.CNC(=O)N(C)c1cc(C)c2c(c1)N(Cc1cnc[nH]1)CCO2.COC(=O)N(C)c1cc(C)c2c(c1)N(Cc1cnc[nH]1)CCO2.COC(=O)Nc1cc(O)c2c(c1)N(Cc1cnc[nH]1)CCO2. The number of imidazole rings is 6. The van der Waals surface area contributed by atoms with Crippen LogP contribution in [0.3, 0.4) is 0 Å². The van der Waals surface area contributed by atoms with Crippen LogP contribution in [0, 0.1) is 13.8 Å². The number of phenols is 1. The number of carbonyl (C=O) groups excluding carboxylic acids is 6. The zero-order valence-corrected chi connectivity index (χ0v) is 80.7. The fourth-order valence-electron chi connectivity index (χ4n) is 15.9. The lowest BCUT2D eigenvalue weighted by molar-refractivity contribution is 0.160. The highest BCUT2D eigenvalue weighted by molar-refractivity contribution is 6.33. The molecule has 0 saturated heterocycles. The zero-order chi connectivity index (χ0) is 98.6. The number of pyridine rings is 1. The molecular formula is C94H118ClN27O17. The third-order valence-corrected chi connectivity index (χ3v) is 23.1. The minimum Gasteiger partial charge on any atom is -0.504 e. The van der Waals surface area contributed by atoms with E-state index in [0.29, 0.717) is 157 Å². The maximum atomic E-state index is 12.1. The molecule has 0 spiro atoms. The molecule has 0 aliphatic carbocycles. The number of carbonyl (C=O) groups is 6. The van der Waals surface area contributed by atoms with Gasteiger partial charge in [-0.25, -0.2) is 63.7 Å². The number of fused-ring (bicyclic) bond motifs is 6. The summed E-state index contributed by atoms with van der Waals surface area (Å²) in [6.07, 6.45) is 18.9. The molecule has 18 rings (SSSR count). The van der Waals surface area contributed by atoms with E-state index in [2.05, 4.69) is 110 Å². The second kappa shape index (κ2) is 48.3. The first-order chi connectivity index (χ1) is 67.4. The number of amides is 8. The van der Waals surface area contributed by atoms with Crippen LogP contribution in [0.2, 0.25) is 5.02 Å². The van der Waals surface area contributed by atoms with Crippen LogP contribution in [0.1, 0.15) is 73.0 Å². The molecule has 7 aromatic heterocycles. The lowest BCUT2D eigenvalue weighted by atomic mass is 10.1. The van der Waals surface area contributed by atoms with Crippen molar-refractivity contribution in [3.05, 3.63) is 204 Å². The smallest absolute Gasteiger partial charge is 0.415 e. The van der Waals surface area contributed by atoms with Gasteiger partial charge in [0.1, 0.15) is 62.7 Å². The van der Waals surface area contributed by atoms with Gasteiger partial charge in [0.05, 0.1) is 218 Å². The third kappa shape index (κ3) is 25.3. The summed E-state index contributed by atoms with van der Waals surface area (Å²) in [5, 5.41) is 18.4. The molecule has 6 aliphatic rings. The summed E-state index contributed by atoms with van der Waals surface area (Å²) in [6.45, 7) is 25.5. The lowest BCUT2D eigenvalue weighted by Gasteiger charge is -2.33. The molecule has 45 heteroatoms. The number of urea groups is 2. The number of nitrogens with one attached hydrogen (secondary N) is 9. The molecule has 10 N–H and O–H groups in total. The predicted molar refractivity (Wildman–Crippen MR) is 526 cm³/mol. The van der Waals surface area contributed by atoms with Gasteiger partial charge in [0.25, 0.3) is 0 Å². The number of aromatic amines is 6. The standard InChI is InChI=1S/C17H22N4O3.C16H20ClN5O2.C16H21N5O2.C16H20N4O3.C15H19N5O3.C14H16N4O4/c1-3-21(17(22)23-4-2)14-5-6-16-15(9-14)20(7-8-24-16)11-13-10-18-12-19-13;1-3-22(16(23)18-2)12-6-13(17)15-14(7-12)21(4-5-24-15)9-11-8-19-10-20-11;1-11-6-13(20(3)16(22)17-2)7-14-15(11)23-5-4-21(14)9-12-8-18-10-19-12;1-11-6-13(19(2)16(21)22-3)7-14-15(11)23-5-4-20(14)9-12-8-17-10-18-12;1-3-20(15(21)22-2)13-5-4-12-14(18-13)19(6-7-23-12)9-11-8-16-10-17-11;1-21-14(20)17-9-4-11-13(12(19)5-9)22-3-2-18(11)7-10-6-15-8-16-10/h5-6,9-10,12H,3-4,7-8,11H2,1-2H3,(H,18,19);6-8,10H,3-5,9H2,1-2H3,(H,18,23)(H,19,20);6-8,10H,4-5,9H2,1-3H3,(H,17,22)(H,18,19);6-8,10H,4-5,9H2,1-3H3,(H,17,18);4-5,8,10H,3,6-7,9H2,1-2H3,(H,16,17);4-6,8,19H,2-3,7H2,1H3,(H,15,16)(H,17,20). The second-order valence-electron chi connectivity index (χ2n) is 31.8. The number of anilines is 12. The van der Waals surface area contributed by atoms with Crippen LogP contribution in [-0.4, -0.2) is 261 Å². The Kier molecular flexibility index (Phi) is 34.9. The van der Waals surface area contributed by atoms with Gasteiger partial charge in [-0.3, -0.25) is 29.8 Å². The Bertz CT molecular complexity index is 5900. The van der Waals surface area contributed by atoms with Crippen molar-refractivity contribution in [2.45, 2.75) is 80.8 Å². The van der Waals surface area contributed by atoms with Crippen LogP contribution in [0.15, 0.2) is 154 Å². The van der Waals surface area contributed by atoms with E-state index in [-0.39, 0.29) is 23.9 Å². The van der Waals surface area contributed by atoms with Crippen molar-refractivity contribution >= 4 is 117 Å². The molecular weight excluding hydrogens is 1810 g/mol.